The molecule has 0 unspecified atom stereocenters. The number of aromatic carboxylic acids is 1. The van der Waals surface area contributed by atoms with Gasteiger partial charge in [-0.05, 0) is 36.8 Å². The number of carboxylic acid groups (broad SMARTS) is 1. The first-order valence-corrected chi connectivity index (χ1v) is 7.98. The van der Waals surface area contributed by atoms with Crippen molar-refractivity contribution in [3.8, 4) is 11.5 Å². The molecular weight excluding hydrogens is 362 g/mol. The molecule has 0 aliphatic rings. The molecule has 1 N–H and O–H groups in total. The topological polar surface area (TPSA) is 89.0 Å². The zero-order chi connectivity index (χ0) is 20.0. The van der Waals surface area contributed by atoms with Gasteiger partial charge in [0.15, 0.2) is 11.5 Å². The zero-order valence-corrected chi connectivity index (χ0v) is 14.7. The van der Waals surface area contributed by atoms with Crippen molar-refractivity contribution in [2.45, 2.75) is 20.1 Å². The Bertz CT molecular complexity index is 829. The van der Waals surface area contributed by atoms with Gasteiger partial charge in [-0.25, -0.2) is 9.78 Å². The first kappa shape index (κ1) is 20.1. The smallest absolute Gasteiger partial charge is 0.387 e. The fraction of sp³-hybridized carbons (Fsp3) is 0.278. The molecule has 1 aromatic heterocycles. The van der Waals surface area contributed by atoms with Crippen LogP contribution in [0.3, 0.4) is 0 Å². The number of aromatic nitrogens is 1. The fourth-order valence-electron chi connectivity index (χ4n) is 2.33. The van der Waals surface area contributed by atoms with Crippen molar-refractivity contribution in [1.29, 1.82) is 0 Å². The molecule has 144 valence electrons. The maximum Gasteiger partial charge on any atom is 0.387 e. The maximum atomic E-state index is 12.5. The molecule has 0 bridgehead atoms. The van der Waals surface area contributed by atoms with Crippen molar-refractivity contribution in [3.63, 3.8) is 0 Å². The van der Waals surface area contributed by atoms with Gasteiger partial charge in [-0.3, -0.25) is 4.79 Å². The van der Waals surface area contributed by atoms with Crippen molar-refractivity contribution in [1.82, 2.24) is 9.88 Å². The molecule has 2 aromatic rings. The number of carboxylic acids is 1. The van der Waals surface area contributed by atoms with Crippen LogP contribution in [0, 0.1) is 0 Å². The average molecular weight is 380 g/mol. The predicted molar refractivity (Wildman–Crippen MR) is 91.2 cm³/mol. The minimum atomic E-state index is -2.98. The summed E-state index contributed by atoms with van der Waals surface area (Å²) < 4.78 is 34.6. The third-order valence-electron chi connectivity index (χ3n) is 3.48. The fourth-order valence-corrected chi connectivity index (χ4v) is 2.33. The van der Waals surface area contributed by atoms with Gasteiger partial charge in [0.25, 0.3) is 5.91 Å². The van der Waals surface area contributed by atoms with E-state index in [9.17, 15) is 18.4 Å². The predicted octanol–water partition coefficient (Wildman–Crippen LogP) is 3.05. The molecule has 1 aromatic carbocycles. The second-order valence-electron chi connectivity index (χ2n) is 5.47. The van der Waals surface area contributed by atoms with E-state index in [0.717, 1.165) is 0 Å². The van der Waals surface area contributed by atoms with Crippen molar-refractivity contribution < 1.29 is 33.0 Å². The molecule has 1 heterocycles. The van der Waals surface area contributed by atoms with E-state index >= 15 is 0 Å². The number of hydrogen-bond donors (Lipinski definition) is 1. The Morgan fingerprint density at radius 2 is 1.89 bits per heavy atom. The second-order valence-corrected chi connectivity index (χ2v) is 5.47. The number of pyridine rings is 1. The van der Waals surface area contributed by atoms with E-state index in [4.69, 9.17) is 9.84 Å². The molecule has 0 aliphatic carbocycles. The number of hydrogen-bond acceptors (Lipinski definition) is 5. The SMILES string of the molecule is CCOc1cc(CN(C)C(=O)c2cccc(C(=O)O)n2)ccc1OC(F)F. The Balaban J connectivity index is 2.17. The van der Waals surface area contributed by atoms with E-state index in [1.807, 2.05) is 0 Å². The summed E-state index contributed by atoms with van der Waals surface area (Å²) in [5.74, 6) is -1.67. The molecule has 0 aliphatic heterocycles. The number of rotatable bonds is 8. The van der Waals surface area contributed by atoms with Gasteiger partial charge in [0.1, 0.15) is 11.4 Å². The number of halogens is 2. The van der Waals surface area contributed by atoms with Crippen LogP contribution in [0.15, 0.2) is 36.4 Å². The number of benzene rings is 1. The lowest BCUT2D eigenvalue weighted by molar-refractivity contribution is -0.0514. The van der Waals surface area contributed by atoms with Gasteiger partial charge in [-0.1, -0.05) is 12.1 Å². The van der Waals surface area contributed by atoms with Crippen LogP contribution in [0.5, 0.6) is 11.5 Å². The van der Waals surface area contributed by atoms with Gasteiger partial charge in [0.2, 0.25) is 0 Å². The summed E-state index contributed by atoms with van der Waals surface area (Å²) in [6.07, 6.45) is 0. The summed E-state index contributed by atoms with van der Waals surface area (Å²) in [5.41, 5.74) is 0.367. The maximum absolute atomic E-state index is 12.5. The Morgan fingerprint density at radius 1 is 1.19 bits per heavy atom. The summed E-state index contributed by atoms with van der Waals surface area (Å²) in [7, 11) is 1.52. The molecule has 0 fully saturated rings. The third-order valence-corrected chi connectivity index (χ3v) is 3.48. The Labute approximate surface area is 154 Å². The number of carbonyl (C=O) groups is 2. The van der Waals surface area contributed by atoms with Gasteiger partial charge < -0.3 is 19.5 Å². The van der Waals surface area contributed by atoms with Crippen LogP contribution in [0.1, 0.15) is 33.5 Å². The third kappa shape index (κ3) is 5.37. The summed E-state index contributed by atoms with van der Waals surface area (Å²) in [6, 6.07) is 8.51. The highest BCUT2D eigenvalue weighted by Crippen LogP contribution is 2.30. The Kier molecular flexibility index (Phi) is 6.64. The monoisotopic (exact) mass is 380 g/mol. The molecule has 7 nitrogen and oxygen atoms in total. The van der Waals surface area contributed by atoms with E-state index < -0.39 is 18.5 Å². The van der Waals surface area contributed by atoms with Gasteiger partial charge >= 0.3 is 12.6 Å². The lowest BCUT2D eigenvalue weighted by atomic mass is 10.2. The van der Waals surface area contributed by atoms with E-state index in [1.54, 1.807) is 6.92 Å². The molecule has 1 amide bonds. The van der Waals surface area contributed by atoms with Crippen molar-refractivity contribution in [2.75, 3.05) is 13.7 Å². The Hall–Kier alpha value is -3.23. The lowest BCUT2D eigenvalue weighted by Crippen LogP contribution is -2.27. The van der Waals surface area contributed by atoms with E-state index in [0.29, 0.717) is 5.56 Å². The van der Waals surface area contributed by atoms with Crippen LogP contribution in [0.4, 0.5) is 8.78 Å². The molecular formula is C18H18F2N2O5. The van der Waals surface area contributed by atoms with Gasteiger partial charge in [-0.15, -0.1) is 0 Å². The Morgan fingerprint density at radius 3 is 2.52 bits per heavy atom. The molecule has 9 heteroatoms. The first-order chi connectivity index (χ1) is 12.8. The highest BCUT2D eigenvalue weighted by molar-refractivity contribution is 5.94. The molecule has 0 radical (unpaired) electrons. The highest BCUT2D eigenvalue weighted by atomic mass is 19.3. The molecule has 0 atom stereocenters. The molecule has 0 saturated heterocycles. The van der Waals surface area contributed by atoms with Crippen molar-refractivity contribution >= 4 is 11.9 Å². The standard InChI is InChI=1S/C18H18F2N2O5/c1-3-26-15-9-11(7-8-14(15)27-18(19)20)10-22(2)16(23)12-5-4-6-13(21-12)17(24)25/h4-9,18H,3,10H2,1-2H3,(H,24,25). The van der Waals surface area contributed by atoms with E-state index in [-0.39, 0.29) is 36.0 Å². The number of alkyl halides is 2. The largest absolute Gasteiger partial charge is 0.490 e. The van der Waals surface area contributed by atoms with Crippen LogP contribution < -0.4 is 9.47 Å². The second kappa shape index (κ2) is 8.93. The normalized spacial score (nSPS) is 10.6. The van der Waals surface area contributed by atoms with E-state index in [1.165, 1.54) is 48.3 Å². The van der Waals surface area contributed by atoms with Gasteiger partial charge in [-0.2, -0.15) is 8.78 Å². The van der Waals surface area contributed by atoms with Gasteiger partial charge in [0.05, 0.1) is 6.61 Å². The summed E-state index contributed by atoms with van der Waals surface area (Å²) in [4.78, 5) is 28.6. The van der Waals surface area contributed by atoms with Crippen LogP contribution in [0.25, 0.3) is 0 Å². The number of nitrogens with zero attached hydrogens (tertiary/aromatic N) is 2. The molecule has 2 rings (SSSR count). The minimum Gasteiger partial charge on any atom is -0.490 e. The number of carbonyl (C=O) groups excluding carboxylic acids is 1. The quantitative estimate of drug-likeness (QED) is 0.757. The van der Waals surface area contributed by atoms with Gasteiger partial charge in [0, 0.05) is 13.6 Å². The van der Waals surface area contributed by atoms with E-state index in [2.05, 4.69) is 9.72 Å². The highest BCUT2D eigenvalue weighted by Gasteiger charge is 2.17. The first-order valence-electron chi connectivity index (χ1n) is 7.98. The van der Waals surface area contributed by atoms with Crippen molar-refractivity contribution in [2.24, 2.45) is 0 Å². The van der Waals surface area contributed by atoms with Crippen molar-refractivity contribution in [3.05, 3.63) is 53.3 Å². The van der Waals surface area contributed by atoms with Crippen LogP contribution in [-0.4, -0.2) is 47.1 Å². The van der Waals surface area contributed by atoms with Crippen LogP contribution in [-0.2, 0) is 6.54 Å². The average Bonchev–Trinajstić information content (AvgIpc) is 2.63. The number of amides is 1. The molecule has 0 spiro atoms. The van der Waals surface area contributed by atoms with Crippen LogP contribution in [0.2, 0.25) is 0 Å². The molecule has 0 saturated carbocycles. The lowest BCUT2D eigenvalue weighted by Gasteiger charge is -2.18. The zero-order valence-electron chi connectivity index (χ0n) is 14.7. The summed E-state index contributed by atoms with van der Waals surface area (Å²) in [5, 5.41) is 8.97. The number of ether oxygens (including phenoxy) is 2. The molecule has 27 heavy (non-hydrogen) atoms. The summed E-state index contributed by atoms with van der Waals surface area (Å²) in [6.45, 7) is -0.890. The summed E-state index contributed by atoms with van der Waals surface area (Å²) >= 11 is 0. The minimum absolute atomic E-state index is 0.0138. The van der Waals surface area contributed by atoms with Crippen LogP contribution >= 0.6 is 0 Å².